The Morgan fingerprint density at radius 3 is 2.51 bits per heavy atom. The molecule has 16 heteroatoms. The lowest BCUT2D eigenvalue weighted by Gasteiger charge is -2.20. The van der Waals surface area contributed by atoms with Crippen LogP contribution in [0.3, 0.4) is 0 Å². The molecule has 3 atom stereocenters. The zero-order chi connectivity index (χ0) is 28.5. The van der Waals surface area contributed by atoms with Crippen molar-refractivity contribution < 1.29 is 40.7 Å². The number of carbonyl (C=O) groups excluding carboxylic acids is 2. The van der Waals surface area contributed by atoms with Gasteiger partial charge in [-0.25, -0.2) is 27.7 Å². The summed E-state index contributed by atoms with van der Waals surface area (Å²) in [4.78, 5) is 34.2. The maximum absolute atomic E-state index is 14.8. The van der Waals surface area contributed by atoms with E-state index in [0.29, 0.717) is 0 Å². The highest BCUT2D eigenvalue weighted by Gasteiger charge is 2.73. The van der Waals surface area contributed by atoms with Crippen molar-refractivity contribution in [3.05, 3.63) is 35.8 Å². The molecule has 5 rings (SSSR count). The van der Waals surface area contributed by atoms with Crippen LogP contribution in [0.4, 0.5) is 32.2 Å². The highest BCUT2D eigenvalue weighted by atomic mass is 19.4. The number of carbonyl (C=O) groups is 2. The Morgan fingerprint density at radius 1 is 1.21 bits per heavy atom. The quantitative estimate of drug-likeness (QED) is 0.462. The first-order chi connectivity index (χ1) is 18.2. The van der Waals surface area contributed by atoms with Crippen molar-refractivity contribution in [2.45, 2.75) is 37.7 Å². The Hall–Kier alpha value is -4.11. The molecule has 3 aromatic rings. The van der Waals surface area contributed by atoms with E-state index in [-0.39, 0.29) is 29.2 Å². The molecule has 0 radical (unpaired) electrons. The number of nitrogens with two attached hydrogens (primary N) is 1. The molecule has 1 aliphatic heterocycles. The second-order valence-electron chi connectivity index (χ2n) is 9.65. The van der Waals surface area contributed by atoms with Crippen LogP contribution in [0.25, 0.3) is 16.8 Å². The number of likely N-dealkylation sites (tertiary alicyclic amines) is 1. The number of anilines is 1. The van der Waals surface area contributed by atoms with Gasteiger partial charge in [0, 0.05) is 24.7 Å². The first kappa shape index (κ1) is 26.5. The van der Waals surface area contributed by atoms with Gasteiger partial charge in [-0.1, -0.05) is 0 Å². The molecule has 1 saturated carbocycles. The fourth-order valence-corrected chi connectivity index (χ4v) is 4.70. The van der Waals surface area contributed by atoms with E-state index in [1.165, 1.54) is 13.2 Å². The smallest absolute Gasteiger partial charge is 0.418 e. The summed E-state index contributed by atoms with van der Waals surface area (Å²) in [6, 6.07) is 0.722. The van der Waals surface area contributed by atoms with E-state index in [2.05, 4.69) is 20.4 Å². The van der Waals surface area contributed by atoms with Crippen LogP contribution in [0, 0.1) is 5.41 Å². The molecule has 3 aromatic heterocycles. The number of hydrogen-bond acceptors (Lipinski definition) is 7. The van der Waals surface area contributed by atoms with Gasteiger partial charge in [0.1, 0.15) is 29.0 Å². The Morgan fingerprint density at radius 2 is 1.90 bits per heavy atom. The van der Waals surface area contributed by atoms with Crippen molar-refractivity contribution in [1.29, 1.82) is 0 Å². The van der Waals surface area contributed by atoms with Crippen LogP contribution in [-0.4, -0.2) is 74.6 Å². The molecule has 1 saturated heterocycles. The Kier molecular flexibility index (Phi) is 5.91. The molecular weight excluding hydrogens is 536 g/mol. The lowest BCUT2D eigenvalue weighted by molar-refractivity contribution is -0.139. The summed E-state index contributed by atoms with van der Waals surface area (Å²) in [5, 5.41) is 6.25. The lowest BCUT2D eigenvalue weighted by atomic mass is 10.1. The van der Waals surface area contributed by atoms with Gasteiger partial charge in [0.2, 0.25) is 11.8 Å². The molecule has 2 fully saturated rings. The zero-order valence-corrected chi connectivity index (χ0v) is 20.4. The van der Waals surface area contributed by atoms with Crippen molar-refractivity contribution in [2.24, 2.45) is 5.41 Å². The van der Waals surface area contributed by atoms with Gasteiger partial charge < -0.3 is 20.7 Å². The number of methoxy groups -OCH3 is 1. The van der Waals surface area contributed by atoms with Crippen LogP contribution < -0.4 is 15.8 Å². The lowest BCUT2D eigenvalue weighted by Crippen LogP contribution is -2.43. The number of pyridine rings is 1. The van der Waals surface area contributed by atoms with E-state index in [4.69, 9.17) is 10.5 Å². The standard InChI is InChI=1S/C23H21F6N7O3/c1-21(8-22(21,25)26)20(38)35-6-13(24)14(7-35)34-18(37)11-3-10(5-31-19(11)39-2)15-4-12(23(27,28)29)16-17(30)32-9-33-36(15)16/h3-5,9,13-14H,6-8H2,1-2H3,(H,34,37)(H2,30,32,33)/t13-,14+,21?/m0/s1. The SMILES string of the molecule is COc1ncc(-c2cc(C(F)(F)F)c3c(N)ncnn23)cc1C(=O)N[C@@H]1CN(C(=O)C2(C)CC2(F)F)C[C@@H]1F. The van der Waals surface area contributed by atoms with Crippen LogP contribution in [0.1, 0.15) is 29.3 Å². The van der Waals surface area contributed by atoms with Crippen LogP contribution in [0.15, 0.2) is 24.7 Å². The molecule has 208 valence electrons. The van der Waals surface area contributed by atoms with Crippen LogP contribution in [0.5, 0.6) is 5.88 Å². The van der Waals surface area contributed by atoms with Crippen molar-refractivity contribution in [1.82, 2.24) is 29.8 Å². The number of halogens is 6. The summed E-state index contributed by atoms with van der Waals surface area (Å²) >= 11 is 0. The molecule has 2 amide bonds. The fraction of sp³-hybridized carbons (Fsp3) is 0.435. The summed E-state index contributed by atoms with van der Waals surface area (Å²) in [7, 11) is 1.20. The van der Waals surface area contributed by atoms with Crippen molar-refractivity contribution in [3.63, 3.8) is 0 Å². The molecule has 3 N–H and O–H groups in total. The molecular formula is C23H21F6N7O3. The van der Waals surface area contributed by atoms with Crippen LogP contribution >= 0.6 is 0 Å². The molecule has 0 bridgehead atoms. The second kappa shape index (κ2) is 8.71. The van der Waals surface area contributed by atoms with Gasteiger partial charge >= 0.3 is 6.18 Å². The zero-order valence-electron chi connectivity index (χ0n) is 20.4. The highest BCUT2D eigenvalue weighted by Crippen LogP contribution is 2.61. The number of nitrogens with one attached hydrogen (secondary N) is 1. The van der Waals surface area contributed by atoms with Gasteiger partial charge in [-0.05, 0) is 19.1 Å². The number of hydrogen-bond donors (Lipinski definition) is 2. The summed E-state index contributed by atoms with van der Waals surface area (Å²) in [6.45, 7) is 0.272. The van der Waals surface area contributed by atoms with Crippen molar-refractivity contribution in [2.75, 3.05) is 25.9 Å². The molecule has 1 unspecified atom stereocenters. The molecule has 0 spiro atoms. The predicted molar refractivity (Wildman–Crippen MR) is 123 cm³/mol. The summed E-state index contributed by atoms with van der Waals surface area (Å²) < 4.78 is 89.1. The van der Waals surface area contributed by atoms with E-state index in [1.807, 2.05) is 0 Å². The van der Waals surface area contributed by atoms with Crippen molar-refractivity contribution >= 4 is 23.1 Å². The van der Waals surface area contributed by atoms with E-state index in [9.17, 15) is 35.9 Å². The minimum atomic E-state index is -4.80. The number of ether oxygens (including phenoxy) is 1. The van der Waals surface area contributed by atoms with Gasteiger partial charge in [-0.15, -0.1) is 0 Å². The summed E-state index contributed by atoms with van der Waals surface area (Å²) in [5.74, 6) is -5.63. The first-order valence-electron chi connectivity index (χ1n) is 11.5. The second-order valence-corrected chi connectivity index (χ2v) is 9.65. The summed E-state index contributed by atoms with van der Waals surface area (Å²) in [5.41, 5.74) is 1.82. The molecule has 0 aromatic carbocycles. The molecule has 39 heavy (non-hydrogen) atoms. The molecule has 10 nitrogen and oxygen atoms in total. The third-order valence-corrected chi connectivity index (χ3v) is 7.06. The number of fused-ring (bicyclic) bond motifs is 1. The Labute approximate surface area is 216 Å². The van der Waals surface area contributed by atoms with Crippen LogP contribution in [-0.2, 0) is 11.0 Å². The number of nitrogen functional groups attached to an aromatic ring is 1. The number of aromatic nitrogens is 4. The van der Waals surface area contributed by atoms with E-state index in [0.717, 1.165) is 34.9 Å². The van der Waals surface area contributed by atoms with Gasteiger partial charge in [0.05, 0.1) is 31.0 Å². The third kappa shape index (κ3) is 4.27. The fourth-order valence-electron chi connectivity index (χ4n) is 4.70. The third-order valence-electron chi connectivity index (χ3n) is 7.06. The maximum atomic E-state index is 14.8. The number of rotatable bonds is 5. The van der Waals surface area contributed by atoms with Gasteiger partial charge in [0.15, 0.2) is 5.82 Å². The van der Waals surface area contributed by atoms with E-state index in [1.54, 1.807) is 0 Å². The topological polar surface area (TPSA) is 128 Å². The first-order valence-corrected chi connectivity index (χ1v) is 11.5. The normalized spacial score (nSPS) is 24.2. The number of nitrogens with zero attached hydrogens (tertiary/aromatic N) is 5. The average molecular weight is 557 g/mol. The number of alkyl halides is 6. The molecule has 4 heterocycles. The van der Waals surface area contributed by atoms with Crippen molar-refractivity contribution in [3.8, 4) is 17.1 Å². The van der Waals surface area contributed by atoms with E-state index >= 15 is 0 Å². The maximum Gasteiger partial charge on any atom is 0.418 e. The Balaban J connectivity index is 1.44. The van der Waals surface area contributed by atoms with E-state index < -0.39 is 71.4 Å². The predicted octanol–water partition coefficient (Wildman–Crippen LogP) is 2.72. The van der Waals surface area contributed by atoms with Gasteiger partial charge in [0.25, 0.3) is 11.8 Å². The van der Waals surface area contributed by atoms with Gasteiger partial charge in [-0.2, -0.15) is 18.3 Å². The summed E-state index contributed by atoms with van der Waals surface area (Å²) in [6.07, 6.45) is -5.07. The minimum Gasteiger partial charge on any atom is -0.480 e. The average Bonchev–Trinajstić information content (AvgIpc) is 3.18. The number of amides is 2. The molecule has 2 aliphatic rings. The molecule has 1 aliphatic carbocycles. The van der Waals surface area contributed by atoms with Crippen LogP contribution in [0.2, 0.25) is 0 Å². The Bertz CT molecular complexity index is 1490. The monoisotopic (exact) mass is 557 g/mol. The minimum absolute atomic E-state index is 0.0217. The largest absolute Gasteiger partial charge is 0.480 e. The van der Waals surface area contributed by atoms with Gasteiger partial charge in [-0.3, -0.25) is 9.59 Å². The highest BCUT2D eigenvalue weighted by molar-refractivity contribution is 5.98.